The number of carbonyl (C=O) groups is 1. The van der Waals surface area contributed by atoms with E-state index in [-0.39, 0.29) is 4.88 Å². The Morgan fingerprint density at radius 2 is 2.33 bits per heavy atom. The zero-order valence-electron chi connectivity index (χ0n) is 9.88. The van der Waals surface area contributed by atoms with Crippen molar-refractivity contribution in [2.24, 2.45) is 0 Å². The average molecular weight is 283 g/mol. The molecular weight excluding hydrogens is 270 g/mol. The lowest BCUT2D eigenvalue weighted by Gasteiger charge is -2.02. The standard InChI is InChI=1S/C12H13NO3S2/c1-2-3-10-13-8(7-18-10)6-16-9-4-5-17-11(9)12(14)15/h4-5,7H,2-3,6H2,1H3,(H,14,15). The van der Waals surface area contributed by atoms with Gasteiger partial charge in [-0.3, -0.25) is 0 Å². The number of rotatable bonds is 6. The highest BCUT2D eigenvalue weighted by atomic mass is 32.1. The molecule has 0 bridgehead atoms. The molecule has 2 aromatic rings. The Morgan fingerprint density at radius 1 is 1.50 bits per heavy atom. The van der Waals surface area contributed by atoms with Gasteiger partial charge in [0.2, 0.25) is 0 Å². The minimum Gasteiger partial charge on any atom is -0.485 e. The van der Waals surface area contributed by atoms with Gasteiger partial charge in [-0.2, -0.15) is 0 Å². The van der Waals surface area contributed by atoms with Gasteiger partial charge in [-0.25, -0.2) is 9.78 Å². The van der Waals surface area contributed by atoms with E-state index >= 15 is 0 Å². The average Bonchev–Trinajstić information content (AvgIpc) is 2.95. The molecule has 0 unspecified atom stereocenters. The van der Waals surface area contributed by atoms with Crippen LogP contribution in [0.1, 0.15) is 33.7 Å². The van der Waals surface area contributed by atoms with Gasteiger partial charge in [-0.1, -0.05) is 6.92 Å². The second kappa shape index (κ2) is 5.97. The van der Waals surface area contributed by atoms with Crippen molar-refractivity contribution in [3.05, 3.63) is 32.4 Å². The molecule has 0 saturated carbocycles. The number of carboxylic acid groups (broad SMARTS) is 1. The number of nitrogens with zero attached hydrogens (tertiary/aromatic N) is 1. The van der Waals surface area contributed by atoms with Crippen LogP contribution >= 0.6 is 22.7 Å². The van der Waals surface area contributed by atoms with E-state index in [4.69, 9.17) is 9.84 Å². The summed E-state index contributed by atoms with van der Waals surface area (Å²) in [4.78, 5) is 15.6. The predicted octanol–water partition coefficient (Wildman–Crippen LogP) is 3.43. The van der Waals surface area contributed by atoms with Gasteiger partial charge in [-0.05, 0) is 24.3 Å². The molecule has 0 aliphatic rings. The van der Waals surface area contributed by atoms with Crippen LogP contribution in [0.4, 0.5) is 0 Å². The third-order valence-electron chi connectivity index (χ3n) is 2.26. The first-order valence-electron chi connectivity index (χ1n) is 5.57. The van der Waals surface area contributed by atoms with Crippen LogP contribution in [0.3, 0.4) is 0 Å². The van der Waals surface area contributed by atoms with Crippen LogP contribution in [0.25, 0.3) is 0 Å². The van der Waals surface area contributed by atoms with Crippen LogP contribution in [0, 0.1) is 0 Å². The van der Waals surface area contributed by atoms with E-state index in [2.05, 4.69) is 11.9 Å². The van der Waals surface area contributed by atoms with E-state index in [1.165, 1.54) is 0 Å². The quantitative estimate of drug-likeness (QED) is 0.882. The molecule has 0 saturated heterocycles. The Kier molecular flexibility index (Phi) is 4.33. The molecule has 0 atom stereocenters. The maximum Gasteiger partial charge on any atom is 0.349 e. The van der Waals surface area contributed by atoms with Gasteiger partial charge in [-0.15, -0.1) is 22.7 Å². The number of aromatic nitrogens is 1. The van der Waals surface area contributed by atoms with Gasteiger partial charge in [0.15, 0.2) is 4.88 Å². The molecule has 1 N–H and O–H groups in total. The maximum absolute atomic E-state index is 10.9. The molecular formula is C12H13NO3S2. The van der Waals surface area contributed by atoms with E-state index in [9.17, 15) is 4.79 Å². The summed E-state index contributed by atoms with van der Waals surface area (Å²) in [6.07, 6.45) is 2.05. The van der Waals surface area contributed by atoms with Gasteiger partial charge in [0.1, 0.15) is 12.4 Å². The van der Waals surface area contributed by atoms with E-state index in [0.717, 1.165) is 34.9 Å². The van der Waals surface area contributed by atoms with Gasteiger partial charge in [0.25, 0.3) is 0 Å². The smallest absolute Gasteiger partial charge is 0.349 e. The summed E-state index contributed by atoms with van der Waals surface area (Å²) in [7, 11) is 0. The predicted molar refractivity (Wildman–Crippen MR) is 71.7 cm³/mol. The SMILES string of the molecule is CCCc1nc(COc2ccsc2C(=O)O)cs1. The Bertz CT molecular complexity index is 533. The second-order valence-corrected chi connectivity index (χ2v) is 5.55. The number of aryl methyl sites for hydroxylation is 1. The van der Waals surface area contributed by atoms with Crippen molar-refractivity contribution in [2.45, 2.75) is 26.4 Å². The highest BCUT2D eigenvalue weighted by Gasteiger charge is 2.13. The minimum absolute atomic E-state index is 0.235. The fraction of sp³-hybridized carbons (Fsp3) is 0.333. The number of thiophene rings is 1. The molecule has 0 aromatic carbocycles. The van der Waals surface area contributed by atoms with Crippen molar-refractivity contribution >= 4 is 28.6 Å². The summed E-state index contributed by atoms with van der Waals surface area (Å²) in [5.41, 5.74) is 0.853. The highest BCUT2D eigenvalue weighted by molar-refractivity contribution is 7.12. The minimum atomic E-state index is -0.954. The molecule has 2 aromatic heterocycles. The lowest BCUT2D eigenvalue weighted by molar-refractivity contribution is 0.0697. The summed E-state index contributed by atoms with van der Waals surface area (Å²) in [5.74, 6) is -0.539. The molecule has 6 heteroatoms. The van der Waals surface area contributed by atoms with Crippen molar-refractivity contribution in [1.82, 2.24) is 4.98 Å². The Labute approximate surface area is 113 Å². The Balaban J connectivity index is 1.98. The maximum atomic E-state index is 10.9. The zero-order valence-corrected chi connectivity index (χ0v) is 11.5. The number of hydrogen-bond acceptors (Lipinski definition) is 5. The third-order valence-corrected chi connectivity index (χ3v) is 4.10. The van der Waals surface area contributed by atoms with Crippen LogP contribution in [-0.2, 0) is 13.0 Å². The van der Waals surface area contributed by atoms with E-state index in [0.29, 0.717) is 12.4 Å². The number of thiazole rings is 1. The van der Waals surface area contributed by atoms with Crippen molar-refractivity contribution in [3.63, 3.8) is 0 Å². The molecule has 18 heavy (non-hydrogen) atoms. The molecule has 0 aliphatic carbocycles. The molecule has 0 fully saturated rings. The van der Waals surface area contributed by atoms with Crippen LogP contribution in [0.5, 0.6) is 5.75 Å². The Morgan fingerprint density at radius 3 is 3.06 bits per heavy atom. The van der Waals surface area contributed by atoms with Crippen LogP contribution in [0.2, 0.25) is 0 Å². The molecule has 0 amide bonds. The van der Waals surface area contributed by atoms with Crippen LogP contribution < -0.4 is 4.74 Å². The number of carboxylic acids is 1. The first-order chi connectivity index (χ1) is 8.70. The third kappa shape index (κ3) is 3.08. The first-order valence-corrected chi connectivity index (χ1v) is 7.33. The number of aromatic carboxylic acids is 1. The number of ether oxygens (including phenoxy) is 1. The molecule has 0 radical (unpaired) electrons. The van der Waals surface area contributed by atoms with Crippen molar-refractivity contribution in [1.29, 1.82) is 0 Å². The van der Waals surface area contributed by atoms with E-state index in [1.807, 2.05) is 5.38 Å². The fourth-order valence-corrected chi connectivity index (χ4v) is 3.02. The van der Waals surface area contributed by atoms with Gasteiger partial charge in [0, 0.05) is 5.38 Å². The number of hydrogen-bond donors (Lipinski definition) is 1. The largest absolute Gasteiger partial charge is 0.485 e. The molecule has 96 valence electrons. The molecule has 4 nitrogen and oxygen atoms in total. The first kappa shape index (κ1) is 13.0. The van der Waals surface area contributed by atoms with E-state index < -0.39 is 5.97 Å². The van der Waals surface area contributed by atoms with Gasteiger partial charge < -0.3 is 9.84 Å². The normalized spacial score (nSPS) is 10.5. The summed E-state index contributed by atoms with van der Waals surface area (Å²) in [5, 5.41) is 13.7. The van der Waals surface area contributed by atoms with Crippen molar-refractivity contribution < 1.29 is 14.6 Å². The monoisotopic (exact) mass is 283 g/mol. The van der Waals surface area contributed by atoms with Crippen molar-refractivity contribution in [2.75, 3.05) is 0 Å². The Hall–Kier alpha value is -1.40. The fourth-order valence-electron chi connectivity index (χ4n) is 1.46. The van der Waals surface area contributed by atoms with Gasteiger partial charge in [0.05, 0.1) is 10.7 Å². The molecule has 2 heterocycles. The summed E-state index contributed by atoms with van der Waals surface area (Å²) >= 11 is 2.78. The van der Waals surface area contributed by atoms with E-state index in [1.54, 1.807) is 22.8 Å². The summed E-state index contributed by atoms with van der Waals surface area (Å²) in [6, 6.07) is 1.67. The van der Waals surface area contributed by atoms with Crippen LogP contribution in [0.15, 0.2) is 16.8 Å². The molecule has 0 spiro atoms. The molecule has 2 rings (SSSR count). The highest BCUT2D eigenvalue weighted by Crippen LogP contribution is 2.25. The summed E-state index contributed by atoms with van der Waals surface area (Å²) < 4.78 is 5.49. The van der Waals surface area contributed by atoms with Gasteiger partial charge >= 0.3 is 5.97 Å². The summed E-state index contributed by atoms with van der Waals surface area (Å²) in [6.45, 7) is 2.43. The molecule has 0 aliphatic heterocycles. The van der Waals surface area contributed by atoms with Crippen molar-refractivity contribution in [3.8, 4) is 5.75 Å². The zero-order chi connectivity index (χ0) is 13.0. The topological polar surface area (TPSA) is 59.4 Å². The lowest BCUT2D eigenvalue weighted by Crippen LogP contribution is -2.00. The lowest BCUT2D eigenvalue weighted by atomic mass is 10.3. The second-order valence-electron chi connectivity index (χ2n) is 3.69. The van der Waals surface area contributed by atoms with Crippen LogP contribution in [-0.4, -0.2) is 16.1 Å².